The highest BCUT2D eigenvalue weighted by Gasteiger charge is 2.20. The number of hydrogen-bond acceptors (Lipinski definition) is 5. The van der Waals surface area contributed by atoms with Gasteiger partial charge in [-0.25, -0.2) is 9.59 Å². The van der Waals surface area contributed by atoms with Gasteiger partial charge < -0.3 is 9.47 Å². The second-order valence-corrected chi connectivity index (χ2v) is 3.28. The van der Waals surface area contributed by atoms with Crippen LogP contribution in [0, 0.1) is 0 Å². The SMILES string of the molecule is COC(=O)c1cccc2[nH]nc(C(=O)OC)c12. The minimum atomic E-state index is -0.604. The van der Waals surface area contributed by atoms with Gasteiger partial charge in [0.25, 0.3) is 0 Å². The smallest absolute Gasteiger partial charge is 0.359 e. The predicted molar refractivity (Wildman–Crippen MR) is 58.8 cm³/mol. The van der Waals surface area contributed by atoms with Crippen molar-refractivity contribution in [3.8, 4) is 0 Å². The van der Waals surface area contributed by atoms with Crippen molar-refractivity contribution >= 4 is 22.8 Å². The average Bonchev–Trinajstić information content (AvgIpc) is 2.80. The predicted octanol–water partition coefficient (Wildman–Crippen LogP) is 1.14. The molecular formula is C11H10N2O4. The molecule has 0 aliphatic rings. The van der Waals surface area contributed by atoms with Crippen molar-refractivity contribution in [3.63, 3.8) is 0 Å². The zero-order valence-corrected chi connectivity index (χ0v) is 9.31. The summed E-state index contributed by atoms with van der Waals surface area (Å²) in [5.41, 5.74) is 0.927. The third kappa shape index (κ3) is 1.73. The molecule has 0 atom stereocenters. The van der Waals surface area contributed by atoms with Gasteiger partial charge in [0.1, 0.15) is 0 Å². The molecule has 0 aliphatic heterocycles. The van der Waals surface area contributed by atoms with Crippen molar-refractivity contribution in [2.75, 3.05) is 14.2 Å². The molecule has 0 spiro atoms. The van der Waals surface area contributed by atoms with E-state index in [-0.39, 0.29) is 11.3 Å². The molecule has 88 valence electrons. The molecule has 0 fully saturated rings. The minimum Gasteiger partial charge on any atom is -0.465 e. The zero-order chi connectivity index (χ0) is 12.4. The number of esters is 2. The van der Waals surface area contributed by atoms with E-state index in [1.165, 1.54) is 14.2 Å². The molecule has 1 N–H and O–H groups in total. The maximum absolute atomic E-state index is 11.6. The number of methoxy groups -OCH3 is 2. The number of H-pyrrole nitrogens is 1. The number of nitrogens with one attached hydrogen (secondary N) is 1. The first-order valence-corrected chi connectivity index (χ1v) is 4.82. The van der Waals surface area contributed by atoms with E-state index in [1.54, 1.807) is 18.2 Å². The third-order valence-electron chi connectivity index (χ3n) is 2.37. The van der Waals surface area contributed by atoms with Gasteiger partial charge in [-0.3, -0.25) is 5.10 Å². The Hall–Kier alpha value is -2.37. The summed E-state index contributed by atoms with van der Waals surface area (Å²) in [7, 11) is 2.53. The van der Waals surface area contributed by atoms with Crippen LogP contribution in [0.15, 0.2) is 18.2 Å². The highest BCUT2D eigenvalue weighted by molar-refractivity contribution is 6.11. The van der Waals surface area contributed by atoms with Crippen LogP contribution in [0.4, 0.5) is 0 Å². The number of hydrogen-bond donors (Lipinski definition) is 1. The van der Waals surface area contributed by atoms with Gasteiger partial charge in [-0.1, -0.05) is 6.07 Å². The highest BCUT2D eigenvalue weighted by Crippen LogP contribution is 2.21. The van der Waals surface area contributed by atoms with Gasteiger partial charge in [-0.2, -0.15) is 5.10 Å². The van der Waals surface area contributed by atoms with E-state index in [1.807, 2.05) is 0 Å². The van der Waals surface area contributed by atoms with Crippen molar-refractivity contribution in [1.82, 2.24) is 10.2 Å². The summed E-state index contributed by atoms with van der Waals surface area (Å²) in [5.74, 6) is -1.13. The second kappa shape index (κ2) is 4.25. The molecule has 0 amide bonds. The van der Waals surface area contributed by atoms with Crippen molar-refractivity contribution in [1.29, 1.82) is 0 Å². The van der Waals surface area contributed by atoms with Crippen LogP contribution in [-0.2, 0) is 9.47 Å². The number of carbonyl (C=O) groups is 2. The molecule has 2 rings (SSSR count). The molecule has 0 unspecified atom stereocenters. The molecule has 1 aromatic carbocycles. The molecule has 6 heteroatoms. The Labute approximate surface area is 96.5 Å². The molecular weight excluding hydrogens is 224 g/mol. The lowest BCUT2D eigenvalue weighted by Gasteiger charge is -2.01. The van der Waals surface area contributed by atoms with E-state index in [2.05, 4.69) is 19.7 Å². The number of rotatable bonds is 2. The van der Waals surface area contributed by atoms with Gasteiger partial charge in [-0.15, -0.1) is 0 Å². The Morgan fingerprint density at radius 2 is 1.88 bits per heavy atom. The Bertz CT molecular complexity index is 588. The van der Waals surface area contributed by atoms with E-state index in [4.69, 9.17) is 0 Å². The van der Waals surface area contributed by atoms with Crippen LogP contribution in [0.5, 0.6) is 0 Å². The number of ether oxygens (including phenoxy) is 2. The number of benzene rings is 1. The van der Waals surface area contributed by atoms with E-state index >= 15 is 0 Å². The summed E-state index contributed by atoms with van der Waals surface area (Å²) in [6.45, 7) is 0. The van der Waals surface area contributed by atoms with Gasteiger partial charge >= 0.3 is 11.9 Å². The van der Waals surface area contributed by atoms with Crippen LogP contribution in [0.2, 0.25) is 0 Å². The first-order chi connectivity index (χ1) is 8.19. The third-order valence-corrected chi connectivity index (χ3v) is 2.37. The topological polar surface area (TPSA) is 81.3 Å². The Morgan fingerprint density at radius 1 is 1.18 bits per heavy atom. The fraction of sp³-hybridized carbons (Fsp3) is 0.182. The van der Waals surface area contributed by atoms with Crippen molar-refractivity contribution in [3.05, 3.63) is 29.5 Å². The number of carbonyl (C=O) groups excluding carboxylic acids is 2. The molecule has 17 heavy (non-hydrogen) atoms. The summed E-state index contributed by atoms with van der Waals surface area (Å²) >= 11 is 0. The van der Waals surface area contributed by atoms with Crippen LogP contribution >= 0.6 is 0 Å². The second-order valence-electron chi connectivity index (χ2n) is 3.28. The fourth-order valence-corrected chi connectivity index (χ4v) is 1.60. The summed E-state index contributed by atoms with van der Waals surface area (Å²) in [6.07, 6.45) is 0. The molecule has 0 bridgehead atoms. The van der Waals surface area contributed by atoms with Crippen LogP contribution in [0.1, 0.15) is 20.8 Å². The first-order valence-electron chi connectivity index (χ1n) is 4.82. The monoisotopic (exact) mass is 234 g/mol. The molecule has 0 saturated carbocycles. The van der Waals surface area contributed by atoms with E-state index in [0.717, 1.165) is 0 Å². The van der Waals surface area contributed by atoms with Crippen LogP contribution in [-0.4, -0.2) is 36.4 Å². The van der Waals surface area contributed by atoms with Gasteiger partial charge in [0, 0.05) is 5.39 Å². The molecule has 1 heterocycles. The lowest BCUT2D eigenvalue weighted by atomic mass is 10.1. The fourth-order valence-electron chi connectivity index (χ4n) is 1.60. The standard InChI is InChI=1S/C11H10N2O4/c1-16-10(14)6-4-3-5-7-8(6)9(13-12-7)11(15)17-2/h3-5H,1-2H3,(H,12,13). The average molecular weight is 234 g/mol. The zero-order valence-electron chi connectivity index (χ0n) is 9.31. The van der Waals surface area contributed by atoms with Crippen LogP contribution in [0.3, 0.4) is 0 Å². The maximum atomic E-state index is 11.6. The van der Waals surface area contributed by atoms with Crippen molar-refractivity contribution in [2.24, 2.45) is 0 Å². The summed E-state index contributed by atoms with van der Waals surface area (Å²) in [4.78, 5) is 23.1. The quantitative estimate of drug-likeness (QED) is 0.788. The normalized spacial score (nSPS) is 10.2. The summed E-state index contributed by atoms with van der Waals surface area (Å²) < 4.78 is 9.25. The Balaban J connectivity index is 2.72. The van der Waals surface area contributed by atoms with Gasteiger partial charge in [0.2, 0.25) is 0 Å². The van der Waals surface area contributed by atoms with Crippen LogP contribution < -0.4 is 0 Å². The molecule has 6 nitrogen and oxygen atoms in total. The molecule has 2 aromatic rings. The Morgan fingerprint density at radius 3 is 2.53 bits per heavy atom. The van der Waals surface area contributed by atoms with Crippen molar-refractivity contribution < 1.29 is 19.1 Å². The molecule has 0 saturated heterocycles. The Kier molecular flexibility index (Phi) is 2.78. The first kappa shape index (κ1) is 11.1. The van der Waals surface area contributed by atoms with E-state index in [0.29, 0.717) is 10.9 Å². The number of aromatic nitrogens is 2. The summed E-state index contributed by atoms with van der Waals surface area (Å²) in [5, 5.41) is 6.91. The van der Waals surface area contributed by atoms with Gasteiger partial charge in [-0.05, 0) is 12.1 Å². The largest absolute Gasteiger partial charge is 0.465 e. The minimum absolute atomic E-state index is 0.0727. The molecule has 0 radical (unpaired) electrons. The van der Waals surface area contributed by atoms with E-state index in [9.17, 15) is 9.59 Å². The number of nitrogens with zero attached hydrogens (tertiary/aromatic N) is 1. The lowest BCUT2D eigenvalue weighted by Crippen LogP contribution is -2.06. The van der Waals surface area contributed by atoms with E-state index < -0.39 is 11.9 Å². The molecule has 1 aromatic heterocycles. The van der Waals surface area contributed by atoms with Gasteiger partial charge in [0.05, 0.1) is 25.3 Å². The maximum Gasteiger partial charge on any atom is 0.359 e. The number of fused-ring (bicyclic) bond motifs is 1. The van der Waals surface area contributed by atoms with Crippen LogP contribution in [0.25, 0.3) is 10.9 Å². The van der Waals surface area contributed by atoms with Gasteiger partial charge in [0.15, 0.2) is 5.69 Å². The highest BCUT2D eigenvalue weighted by atomic mass is 16.5. The number of aromatic amines is 1. The molecule has 0 aliphatic carbocycles. The lowest BCUT2D eigenvalue weighted by molar-refractivity contribution is 0.0596. The van der Waals surface area contributed by atoms with Crippen molar-refractivity contribution in [2.45, 2.75) is 0 Å². The summed E-state index contributed by atoms with van der Waals surface area (Å²) in [6, 6.07) is 4.95.